The number of aromatic nitrogens is 2. The number of carbonyl (C=O) groups excluding carboxylic acids is 1. The van der Waals surface area contributed by atoms with E-state index in [0.717, 1.165) is 12.8 Å². The van der Waals surface area contributed by atoms with Gasteiger partial charge in [0, 0.05) is 19.0 Å². The van der Waals surface area contributed by atoms with Crippen LogP contribution in [0.15, 0.2) is 16.5 Å². The molecule has 0 radical (unpaired) electrons. The molecule has 1 aliphatic heterocycles. The van der Waals surface area contributed by atoms with Gasteiger partial charge in [0.25, 0.3) is 5.91 Å². The van der Waals surface area contributed by atoms with Crippen LogP contribution in [-0.2, 0) is 0 Å². The van der Waals surface area contributed by atoms with E-state index in [1.165, 1.54) is 12.1 Å². The van der Waals surface area contributed by atoms with E-state index in [1.54, 1.807) is 18.7 Å². The zero-order valence-corrected chi connectivity index (χ0v) is 13.1. The van der Waals surface area contributed by atoms with Gasteiger partial charge >= 0.3 is 0 Å². The van der Waals surface area contributed by atoms with Gasteiger partial charge in [-0.3, -0.25) is 4.79 Å². The lowest BCUT2D eigenvalue weighted by Crippen LogP contribution is -2.31. The fourth-order valence-electron chi connectivity index (χ4n) is 2.76. The van der Waals surface area contributed by atoms with Gasteiger partial charge in [-0.25, -0.2) is 0 Å². The van der Waals surface area contributed by atoms with E-state index < -0.39 is 0 Å². The highest BCUT2D eigenvalue weighted by atomic mass is 35.5. The number of aryl methyl sites for hydroxylation is 2. The summed E-state index contributed by atoms with van der Waals surface area (Å²) in [5, 5.41) is 17.6. The van der Waals surface area contributed by atoms with Crippen molar-refractivity contribution >= 4 is 17.5 Å². The summed E-state index contributed by atoms with van der Waals surface area (Å²) in [5.41, 5.74) is 1.16. The number of amides is 1. The number of carbonyl (C=O) groups is 1. The first kappa shape index (κ1) is 14.8. The largest absolute Gasteiger partial charge is 0.506 e. The van der Waals surface area contributed by atoms with Gasteiger partial charge in [-0.05, 0) is 37.5 Å². The fraction of sp³-hybridized carbons (Fsp3) is 0.400. The first-order chi connectivity index (χ1) is 10.5. The minimum absolute atomic E-state index is 0.0267. The molecule has 0 bridgehead atoms. The van der Waals surface area contributed by atoms with Crippen LogP contribution >= 0.6 is 11.6 Å². The van der Waals surface area contributed by atoms with E-state index in [-0.39, 0.29) is 22.7 Å². The zero-order chi connectivity index (χ0) is 15.9. The Labute approximate surface area is 132 Å². The number of likely N-dealkylation sites (tertiary alicyclic amines) is 1. The molecule has 1 N–H and O–H groups in total. The van der Waals surface area contributed by atoms with Crippen LogP contribution in [0, 0.1) is 13.8 Å². The molecule has 0 spiro atoms. The summed E-state index contributed by atoms with van der Waals surface area (Å²) in [4.78, 5) is 14.5. The average molecular weight is 322 g/mol. The highest BCUT2D eigenvalue weighted by Crippen LogP contribution is 2.34. The van der Waals surface area contributed by atoms with Gasteiger partial charge in [-0.1, -0.05) is 11.6 Å². The maximum Gasteiger partial charge on any atom is 0.254 e. The second-order valence-electron chi connectivity index (χ2n) is 5.43. The summed E-state index contributed by atoms with van der Waals surface area (Å²) < 4.78 is 5.47. The summed E-state index contributed by atoms with van der Waals surface area (Å²) in [5.74, 6) is 0.781. The minimum atomic E-state index is -0.208. The topological polar surface area (TPSA) is 79.5 Å². The molecular weight excluding hydrogens is 306 g/mol. The van der Waals surface area contributed by atoms with Crippen molar-refractivity contribution in [3.63, 3.8) is 0 Å². The molecule has 0 aliphatic carbocycles. The highest BCUT2D eigenvalue weighted by Gasteiger charge is 2.34. The van der Waals surface area contributed by atoms with Crippen LogP contribution in [0.4, 0.5) is 0 Å². The summed E-state index contributed by atoms with van der Waals surface area (Å²) in [6.07, 6.45) is 1.67. The van der Waals surface area contributed by atoms with Crippen LogP contribution in [-0.4, -0.2) is 32.7 Å². The molecule has 7 heteroatoms. The predicted octanol–water partition coefficient (Wildman–Crippen LogP) is 3.02. The van der Waals surface area contributed by atoms with Crippen molar-refractivity contribution < 1.29 is 14.3 Å². The van der Waals surface area contributed by atoms with Crippen molar-refractivity contribution in [1.29, 1.82) is 0 Å². The molecule has 1 fully saturated rings. The second-order valence-corrected chi connectivity index (χ2v) is 5.84. The molecule has 1 unspecified atom stereocenters. The molecule has 1 aliphatic rings. The normalized spacial score (nSPS) is 18.0. The van der Waals surface area contributed by atoms with Gasteiger partial charge in [0.05, 0.1) is 5.02 Å². The molecule has 2 heterocycles. The number of halogens is 1. The molecule has 116 valence electrons. The molecule has 0 saturated carbocycles. The summed E-state index contributed by atoms with van der Waals surface area (Å²) in [6.45, 7) is 4.12. The Kier molecular flexibility index (Phi) is 3.78. The first-order valence-corrected chi connectivity index (χ1v) is 7.45. The number of nitrogens with zero attached hydrogens (tertiary/aromatic N) is 3. The lowest BCUT2D eigenvalue weighted by atomic mass is 10.1. The van der Waals surface area contributed by atoms with Gasteiger partial charge in [0.15, 0.2) is 0 Å². The van der Waals surface area contributed by atoms with Gasteiger partial charge in [0.2, 0.25) is 11.8 Å². The van der Waals surface area contributed by atoms with Crippen LogP contribution in [0.25, 0.3) is 0 Å². The third kappa shape index (κ3) is 2.54. The number of phenolic OH excluding ortho intramolecular Hbond substituents is 1. The molecule has 2 aromatic rings. The maximum absolute atomic E-state index is 12.8. The van der Waals surface area contributed by atoms with Crippen molar-refractivity contribution in [2.75, 3.05) is 6.54 Å². The standard InChI is InChI=1S/C15H16ClN3O3/c1-8-6-13(20)11(16)7-10(8)15(21)19-5-3-4-12(19)14-18-17-9(2)22-14/h6-7,12,20H,3-5H2,1-2H3. The van der Waals surface area contributed by atoms with Crippen LogP contribution in [0.3, 0.4) is 0 Å². The highest BCUT2D eigenvalue weighted by molar-refractivity contribution is 6.32. The lowest BCUT2D eigenvalue weighted by Gasteiger charge is -2.23. The zero-order valence-electron chi connectivity index (χ0n) is 12.3. The quantitative estimate of drug-likeness (QED) is 0.919. The Bertz CT molecular complexity index is 729. The number of benzene rings is 1. The summed E-state index contributed by atoms with van der Waals surface area (Å²) >= 11 is 5.93. The third-order valence-electron chi connectivity index (χ3n) is 3.86. The molecule has 1 aromatic carbocycles. The first-order valence-electron chi connectivity index (χ1n) is 7.07. The van der Waals surface area contributed by atoms with Gasteiger partial charge in [-0.2, -0.15) is 0 Å². The summed E-state index contributed by atoms with van der Waals surface area (Å²) in [6, 6.07) is 2.79. The maximum atomic E-state index is 12.8. The van der Waals surface area contributed by atoms with Gasteiger partial charge in [-0.15, -0.1) is 10.2 Å². The van der Waals surface area contributed by atoms with Crippen molar-refractivity contribution in [3.8, 4) is 5.75 Å². The number of hydrogen-bond donors (Lipinski definition) is 1. The number of rotatable bonds is 2. The monoisotopic (exact) mass is 321 g/mol. The Morgan fingerprint density at radius 2 is 2.18 bits per heavy atom. The summed E-state index contributed by atoms with van der Waals surface area (Å²) in [7, 11) is 0. The van der Waals surface area contributed by atoms with Crippen LogP contribution < -0.4 is 0 Å². The third-order valence-corrected chi connectivity index (χ3v) is 4.17. The molecule has 1 aromatic heterocycles. The molecule has 1 amide bonds. The lowest BCUT2D eigenvalue weighted by molar-refractivity contribution is 0.0714. The Morgan fingerprint density at radius 1 is 1.41 bits per heavy atom. The number of phenols is 1. The van der Waals surface area contributed by atoms with Crippen molar-refractivity contribution in [2.24, 2.45) is 0 Å². The van der Waals surface area contributed by atoms with Crippen molar-refractivity contribution in [2.45, 2.75) is 32.7 Å². The molecule has 1 atom stereocenters. The number of hydrogen-bond acceptors (Lipinski definition) is 5. The molecule has 3 rings (SSSR count). The van der Waals surface area contributed by atoms with Crippen molar-refractivity contribution in [1.82, 2.24) is 15.1 Å². The number of aromatic hydroxyl groups is 1. The van der Waals surface area contributed by atoms with E-state index in [4.69, 9.17) is 16.0 Å². The fourth-order valence-corrected chi connectivity index (χ4v) is 2.93. The SMILES string of the molecule is Cc1nnc(C2CCCN2C(=O)c2cc(Cl)c(O)cc2C)o1. The van der Waals surface area contributed by atoms with Crippen molar-refractivity contribution in [3.05, 3.63) is 40.1 Å². The molecule has 6 nitrogen and oxygen atoms in total. The van der Waals surface area contributed by atoms with Crippen LogP contribution in [0.2, 0.25) is 5.02 Å². The molecule has 1 saturated heterocycles. The van der Waals surface area contributed by atoms with E-state index in [2.05, 4.69) is 10.2 Å². The van der Waals surface area contributed by atoms with E-state index in [0.29, 0.717) is 29.5 Å². The average Bonchev–Trinajstić information content (AvgIpc) is 3.10. The van der Waals surface area contributed by atoms with Crippen LogP contribution in [0.5, 0.6) is 5.75 Å². The van der Waals surface area contributed by atoms with Gasteiger partial charge in [0.1, 0.15) is 11.8 Å². The molecule has 22 heavy (non-hydrogen) atoms. The Balaban J connectivity index is 1.92. The van der Waals surface area contributed by atoms with Crippen LogP contribution in [0.1, 0.15) is 46.6 Å². The Morgan fingerprint density at radius 3 is 2.86 bits per heavy atom. The molecular formula is C15H16ClN3O3. The van der Waals surface area contributed by atoms with E-state index in [9.17, 15) is 9.90 Å². The van der Waals surface area contributed by atoms with E-state index in [1.807, 2.05) is 0 Å². The minimum Gasteiger partial charge on any atom is -0.506 e. The second kappa shape index (κ2) is 5.61. The smallest absolute Gasteiger partial charge is 0.254 e. The van der Waals surface area contributed by atoms with E-state index >= 15 is 0 Å². The van der Waals surface area contributed by atoms with Gasteiger partial charge < -0.3 is 14.4 Å². The Hall–Kier alpha value is -2.08. The predicted molar refractivity (Wildman–Crippen MR) is 79.9 cm³/mol.